The Labute approximate surface area is 187 Å². The molecule has 0 saturated carbocycles. The summed E-state index contributed by atoms with van der Waals surface area (Å²) in [4.78, 5) is 14.8. The van der Waals surface area contributed by atoms with Crippen LogP contribution < -0.4 is 0 Å². The number of halogens is 1. The minimum absolute atomic E-state index is 0.0788. The molecule has 9 heteroatoms. The molecule has 1 amide bonds. The summed E-state index contributed by atoms with van der Waals surface area (Å²) in [6.45, 7) is 4.80. The summed E-state index contributed by atoms with van der Waals surface area (Å²) in [7, 11) is -3.81. The molecule has 1 aliphatic rings. The molecule has 1 aliphatic heterocycles. The number of hydrogen-bond donors (Lipinski definition) is 0. The molecule has 0 N–H and O–H groups in total. The zero-order valence-corrected chi connectivity index (χ0v) is 18.8. The number of amides is 1. The summed E-state index contributed by atoms with van der Waals surface area (Å²) in [5, 5.41) is 4.43. The van der Waals surface area contributed by atoms with Gasteiger partial charge < -0.3 is 4.90 Å². The van der Waals surface area contributed by atoms with E-state index < -0.39 is 15.8 Å². The standard InChI is InChI=1S/C23H25FN4O3S/c1-3-22-21(16-25-28(22)19-9-7-17(2)8-10-19)23(29)26-11-13-27(14-12-26)32(30,31)20-6-4-5-18(24)15-20/h4-10,15-16H,3,11-14H2,1-2H3. The summed E-state index contributed by atoms with van der Waals surface area (Å²) >= 11 is 0. The van der Waals surface area contributed by atoms with E-state index in [0.717, 1.165) is 23.0 Å². The maximum Gasteiger partial charge on any atom is 0.257 e. The van der Waals surface area contributed by atoms with Gasteiger partial charge in [-0.3, -0.25) is 4.79 Å². The van der Waals surface area contributed by atoms with Crippen molar-refractivity contribution in [1.82, 2.24) is 19.0 Å². The Morgan fingerprint density at radius 2 is 1.75 bits per heavy atom. The van der Waals surface area contributed by atoms with Gasteiger partial charge in [-0.2, -0.15) is 9.40 Å². The van der Waals surface area contributed by atoms with Gasteiger partial charge in [0, 0.05) is 26.2 Å². The van der Waals surface area contributed by atoms with Crippen LogP contribution in [0.4, 0.5) is 4.39 Å². The van der Waals surface area contributed by atoms with E-state index in [4.69, 9.17) is 0 Å². The van der Waals surface area contributed by atoms with Crippen LogP contribution >= 0.6 is 0 Å². The van der Waals surface area contributed by atoms with Gasteiger partial charge in [0.25, 0.3) is 5.91 Å². The van der Waals surface area contributed by atoms with Gasteiger partial charge in [0.15, 0.2) is 0 Å². The lowest BCUT2D eigenvalue weighted by molar-refractivity contribution is 0.0696. The Morgan fingerprint density at radius 1 is 1.06 bits per heavy atom. The number of hydrogen-bond acceptors (Lipinski definition) is 4. The first-order valence-corrected chi connectivity index (χ1v) is 11.9. The first-order valence-electron chi connectivity index (χ1n) is 10.5. The highest BCUT2D eigenvalue weighted by Gasteiger charge is 2.32. The number of aryl methyl sites for hydroxylation is 1. The van der Waals surface area contributed by atoms with E-state index in [-0.39, 0.29) is 37.0 Å². The minimum Gasteiger partial charge on any atom is -0.336 e. The highest BCUT2D eigenvalue weighted by Crippen LogP contribution is 2.21. The number of carbonyl (C=O) groups is 1. The van der Waals surface area contributed by atoms with Crippen LogP contribution in [0.15, 0.2) is 59.6 Å². The second-order valence-corrected chi connectivity index (χ2v) is 9.70. The van der Waals surface area contributed by atoms with Crippen molar-refractivity contribution in [2.45, 2.75) is 25.2 Å². The van der Waals surface area contributed by atoms with Crippen molar-refractivity contribution < 1.29 is 17.6 Å². The van der Waals surface area contributed by atoms with Gasteiger partial charge in [-0.25, -0.2) is 17.5 Å². The molecule has 0 unspecified atom stereocenters. The summed E-state index contributed by atoms with van der Waals surface area (Å²) in [6, 6.07) is 12.9. The molecule has 0 aliphatic carbocycles. The van der Waals surface area contributed by atoms with Crippen molar-refractivity contribution in [2.75, 3.05) is 26.2 Å². The molecule has 168 valence electrons. The summed E-state index contributed by atoms with van der Waals surface area (Å²) in [5.41, 5.74) is 3.36. The summed E-state index contributed by atoms with van der Waals surface area (Å²) in [5.74, 6) is -0.763. The lowest BCUT2D eigenvalue weighted by Gasteiger charge is -2.34. The number of rotatable bonds is 5. The fourth-order valence-electron chi connectivity index (χ4n) is 3.88. The van der Waals surface area contributed by atoms with Crippen molar-refractivity contribution in [2.24, 2.45) is 0 Å². The zero-order chi connectivity index (χ0) is 22.9. The van der Waals surface area contributed by atoms with Crippen molar-refractivity contribution in [3.05, 3.63) is 77.4 Å². The number of piperazine rings is 1. The smallest absolute Gasteiger partial charge is 0.257 e. The second kappa shape index (κ2) is 8.84. The molecule has 32 heavy (non-hydrogen) atoms. The molecule has 0 spiro atoms. The van der Waals surface area contributed by atoms with Crippen LogP contribution in [0.5, 0.6) is 0 Å². The first kappa shape index (κ1) is 22.2. The van der Waals surface area contributed by atoms with Gasteiger partial charge in [-0.15, -0.1) is 0 Å². The van der Waals surface area contributed by atoms with Crippen molar-refractivity contribution in [3.63, 3.8) is 0 Å². The third-order valence-electron chi connectivity index (χ3n) is 5.67. The van der Waals surface area contributed by atoms with E-state index in [9.17, 15) is 17.6 Å². The van der Waals surface area contributed by atoms with Crippen LogP contribution in [0.25, 0.3) is 5.69 Å². The number of aromatic nitrogens is 2. The van der Waals surface area contributed by atoms with Crippen LogP contribution in [0, 0.1) is 12.7 Å². The second-order valence-electron chi connectivity index (χ2n) is 7.76. The minimum atomic E-state index is -3.81. The van der Waals surface area contributed by atoms with Crippen molar-refractivity contribution in [3.8, 4) is 5.69 Å². The molecule has 1 aromatic heterocycles. The molecule has 1 fully saturated rings. The Kier molecular flexibility index (Phi) is 6.12. The topological polar surface area (TPSA) is 75.5 Å². The molecule has 0 atom stereocenters. The Hall–Kier alpha value is -3.04. The third-order valence-corrected chi connectivity index (χ3v) is 7.57. The van der Waals surface area contributed by atoms with Gasteiger partial charge in [-0.1, -0.05) is 30.7 Å². The Bertz CT molecular complexity index is 1230. The molecule has 1 saturated heterocycles. The fourth-order valence-corrected chi connectivity index (χ4v) is 5.33. The van der Waals surface area contributed by atoms with E-state index in [1.165, 1.54) is 22.5 Å². The Balaban J connectivity index is 1.50. The van der Waals surface area contributed by atoms with E-state index in [2.05, 4.69) is 5.10 Å². The lowest BCUT2D eigenvalue weighted by Crippen LogP contribution is -2.50. The molecule has 0 bridgehead atoms. The Morgan fingerprint density at radius 3 is 2.38 bits per heavy atom. The van der Waals surface area contributed by atoms with Crippen LogP contribution in [0.2, 0.25) is 0 Å². The quantitative estimate of drug-likeness (QED) is 0.592. The van der Waals surface area contributed by atoms with Gasteiger partial charge >= 0.3 is 0 Å². The average molecular weight is 457 g/mol. The van der Waals surface area contributed by atoms with Gasteiger partial charge in [-0.05, 0) is 43.7 Å². The number of carbonyl (C=O) groups excluding carboxylic acids is 1. The maximum absolute atomic E-state index is 13.5. The SMILES string of the molecule is CCc1c(C(=O)N2CCN(S(=O)(=O)c3cccc(F)c3)CC2)cnn1-c1ccc(C)cc1. The maximum atomic E-state index is 13.5. The lowest BCUT2D eigenvalue weighted by atomic mass is 10.1. The predicted octanol–water partition coefficient (Wildman–Crippen LogP) is 3.03. The van der Waals surface area contributed by atoms with Gasteiger partial charge in [0.2, 0.25) is 10.0 Å². The molecular formula is C23H25FN4O3S. The number of benzene rings is 2. The zero-order valence-electron chi connectivity index (χ0n) is 18.0. The van der Waals surface area contributed by atoms with E-state index in [1.807, 2.05) is 38.1 Å². The van der Waals surface area contributed by atoms with Gasteiger partial charge in [0.1, 0.15) is 5.82 Å². The molecule has 0 radical (unpaired) electrons. The molecule has 7 nitrogen and oxygen atoms in total. The van der Waals surface area contributed by atoms with Crippen LogP contribution in [-0.2, 0) is 16.4 Å². The molecule has 2 heterocycles. The molecular weight excluding hydrogens is 431 g/mol. The first-order chi connectivity index (χ1) is 15.3. The van der Waals surface area contributed by atoms with E-state index in [0.29, 0.717) is 12.0 Å². The van der Waals surface area contributed by atoms with Gasteiger partial charge in [0.05, 0.1) is 28.0 Å². The highest BCUT2D eigenvalue weighted by molar-refractivity contribution is 7.89. The molecule has 4 rings (SSSR count). The molecule has 3 aromatic rings. The monoisotopic (exact) mass is 456 g/mol. The summed E-state index contributed by atoms with van der Waals surface area (Å²) < 4.78 is 42.2. The number of nitrogens with zero attached hydrogens (tertiary/aromatic N) is 4. The predicted molar refractivity (Wildman–Crippen MR) is 119 cm³/mol. The summed E-state index contributed by atoms with van der Waals surface area (Å²) in [6.07, 6.45) is 2.21. The van der Waals surface area contributed by atoms with Crippen LogP contribution in [0.1, 0.15) is 28.5 Å². The molecule has 2 aromatic carbocycles. The van der Waals surface area contributed by atoms with Crippen LogP contribution in [-0.4, -0.2) is 59.5 Å². The average Bonchev–Trinajstić information content (AvgIpc) is 3.23. The fraction of sp³-hybridized carbons (Fsp3) is 0.304. The van der Waals surface area contributed by atoms with E-state index >= 15 is 0 Å². The number of sulfonamides is 1. The largest absolute Gasteiger partial charge is 0.336 e. The van der Waals surface area contributed by atoms with E-state index in [1.54, 1.807) is 15.8 Å². The highest BCUT2D eigenvalue weighted by atomic mass is 32.2. The van der Waals surface area contributed by atoms with Crippen molar-refractivity contribution >= 4 is 15.9 Å². The normalized spacial score (nSPS) is 15.2. The third kappa shape index (κ3) is 4.18. The van der Waals surface area contributed by atoms with Crippen LogP contribution in [0.3, 0.4) is 0 Å². The van der Waals surface area contributed by atoms with Crippen molar-refractivity contribution in [1.29, 1.82) is 0 Å².